The van der Waals surface area contributed by atoms with Gasteiger partial charge in [0.15, 0.2) is 6.10 Å². The molecule has 2 rings (SSSR count). The topological polar surface area (TPSA) is 55.4 Å². The smallest absolute Gasteiger partial charge is 0.339 e. The molecule has 0 radical (unpaired) electrons. The van der Waals surface area contributed by atoms with Crippen LogP contribution in [0.4, 0.5) is 5.69 Å². The van der Waals surface area contributed by atoms with E-state index in [0.29, 0.717) is 15.7 Å². The van der Waals surface area contributed by atoms with Crippen molar-refractivity contribution in [2.75, 3.05) is 5.32 Å². The molecule has 1 unspecified atom stereocenters. The van der Waals surface area contributed by atoms with Crippen LogP contribution >= 0.6 is 23.2 Å². The largest absolute Gasteiger partial charge is 0.449 e. The van der Waals surface area contributed by atoms with Gasteiger partial charge in [0, 0.05) is 15.7 Å². The van der Waals surface area contributed by atoms with Crippen LogP contribution in [-0.4, -0.2) is 18.0 Å². The maximum atomic E-state index is 12.2. The van der Waals surface area contributed by atoms with Crippen LogP contribution in [0, 0.1) is 13.8 Å². The van der Waals surface area contributed by atoms with Crippen molar-refractivity contribution < 1.29 is 14.3 Å². The van der Waals surface area contributed by atoms with Crippen LogP contribution in [0.2, 0.25) is 10.0 Å². The van der Waals surface area contributed by atoms with E-state index in [0.717, 1.165) is 11.1 Å². The second kappa shape index (κ2) is 7.69. The van der Waals surface area contributed by atoms with Gasteiger partial charge in [-0.25, -0.2) is 4.79 Å². The lowest BCUT2D eigenvalue weighted by atomic mass is 10.1. The van der Waals surface area contributed by atoms with Crippen LogP contribution in [0.5, 0.6) is 0 Å². The first kappa shape index (κ1) is 18.3. The zero-order valence-electron chi connectivity index (χ0n) is 13.5. The van der Waals surface area contributed by atoms with E-state index in [1.165, 1.54) is 25.1 Å². The van der Waals surface area contributed by atoms with E-state index in [1.54, 1.807) is 0 Å². The fourth-order valence-electron chi connectivity index (χ4n) is 2.06. The average molecular weight is 366 g/mol. The van der Waals surface area contributed by atoms with Crippen LogP contribution < -0.4 is 5.32 Å². The first-order chi connectivity index (χ1) is 11.3. The number of halogens is 2. The molecule has 0 heterocycles. The normalized spacial score (nSPS) is 11.7. The molecule has 4 nitrogen and oxygen atoms in total. The monoisotopic (exact) mass is 365 g/mol. The summed E-state index contributed by atoms with van der Waals surface area (Å²) >= 11 is 11.7. The van der Waals surface area contributed by atoms with Crippen molar-refractivity contribution in [2.24, 2.45) is 0 Å². The number of nitrogens with one attached hydrogen (secondary N) is 1. The van der Waals surface area contributed by atoms with E-state index in [4.69, 9.17) is 27.9 Å². The van der Waals surface area contributed by atoms with E-state index >= 15 is 0 Å². The minimum Gasteiger partial charge on any atom is -0.449 e. The number of hydrogen-bond acceptors (Lipinski definition) is 3. The van der Waals surface area contributed by atoms with E-state index in [2.05, 4.69) is 5.32 Å². The third-order valence-electron chi connectivity index (χ3n) is 3.40. The number of hydrogen-bond donors (Lipinski definition) is 1. The van der Waals surface area contributed by atoms with Gasteiger partial charge in [-0.05, 0) is 56.2 Å². The van der Waals surface area contributed by atoms with Gasteiger partial charge in [0.25, 0.3) is 5.91 Å². The molecule has 126 valence electrons. The summed E-state index contributed by atoms with van der Waals surface area (Å²) in [6.45, 7) is 5.33. The lowest BCUT2D eigenvalue weighted by Gasteiger charge is -2.15. The van der Waals surface area contributed by atoms with Crippen LogP contribution in [-0.2, 0) is 9.53 Å². The first-order valence-electron chi connectivity index (χ1n) is 7.31. The molecule has 2 aromatic rings. The number of esters is 1. The van der Waals surface area contributed by atoms with Gasteiger partial charge in [-0.15, -0.1) is 0 Å². The number of amides is 1. The minimum atomic E-state index is -0.963. The summed E-state index contributed by atoms with van der Waals surface area (Å²) < 4.78 is 5.18. The molecule has 0 bridgehead atoms. The molecule has 0 saturated heterocycles. The quantitative estimate of drug-likeness (QED) is 0.792. The van der Waals surface area contributed by atoms with Gasteiger partial charge in [-0.3, -0.25) is 4.79 Å². The predicted molar refractivity (Wildman–Crippen MR) is 95.9 cm³/mol. The zero-order chi connectivity index (χ0) is 17.9. The molecule has 24 heavy (non-hydrogen) atoms. The highest BCUT2D eigenvalue weighted by Crippen LogP contribution is 2.20. The van der Waals surface area contributed by atoms with Gasteiger partial charge in [-0.1, -0.05) is 35.3 Å². The summed E-state index contributed by atoms with van der Waals surface area (Å²) in [5, 5.41) is 3.40. The van der Waals surface area contributed by atoms with Crippen molar-refractivity contribution in [1.29, 1.82) is 0 Å². The molecule has 0 aromatic heterocycles. The van der Waals surface area contributed by atoms with Crippen molar-refractivity contribution in [3.8, 4) is 0 Å². The Balaban J connectivity index is 2.05. The summed E-state index contributed by atoms with van der Waals surface area (Å²) in [6, 6.07) is 10.1. The number of ether oxygens (including phenoxy) is 1. The SMILES string of the molecule is Cc1ccc(C)c(NC(=O)C(C)OC(=O)c2cc(Cl)cc(Cl)c2)c1. The number of rotatable bonds is 4. The van der Waals surface area contributed by atoms with E-state index in [1.807, 2.05) is 32.0 Å². The Morgan fingerprint density at radius 3 is 2.29 bits per heavy atom. The van der Waals surface area contributed by atoms with E-state index in [-0.39, 0.29) is 5.56 Å². The highest BCUT2D eigenvalue weighted by atomic mass is 35.5. The Morgan fingerprint density at radius 2 is 1.67 bits per heavy atom. The van der Waals surface area contributed by atoms with Gasteiger partial charge in [-0.2, -0.15) is 0 Å². The van der Waals surface area contributed by atoms with Gasteiger partial charge in [0.2, 0.25) is 0 Å². The summed E-state index contributed by atoms with van der Waals surface area (Å²) in [4.78, 5) is 24.4. The summed E-state index contributed by atoms with van der Waals surface area (Å²) in [5.74, 6) is -1.08. The first-order valence-corrected chi connectivity index (χ1v) is 8.07. The molecular formula is C18H17Cl2NO3. The maximum Gasteiger partial charge on any atom is 0.339 e. The van der Waals surface area contributed by atoms with Crippen LogP contribution in [0.25, 0.3) is 0 Å². The number of carbonyl (C=O) groups is 2. The summed E-state index contributed by atoms with van der Waals surface area (Å²) in [7, 11) is 0. The summed E-state index contributed by atoms with van der Waals surface area (Å²) in [5.41, 5.74) is 2.83. The van der Waals surface area contributed by atoms with Crippen molar-refractivity contribution >= 4 is 40.8 Å². The third kappa shape index (κ3) is 4.73. The van der Waals surface area contributed by atoms with Crippen molar-refractivity contribution in [1.82, 2.24) is 0 Å². The Morgan fingerprint density at radius 1 is 1.04 bits per heavy atom. The predicted octanol–water partition coefficient (Wildman–Crippen LogP) is 4.79. The Labute approximate surface area is 150 Å². The molecule has 0 saturated carbocycles. The molecule has 0 aliphatic carbocycles. The number of carbonyl (C=O) groups excluding carboxylic acids is 2. The van der Waals surface area contributed by atoms with E-state index in [9.17, 15) is 9.59 Å². The third-order valence-corrected chi connectivity index (χ3v) is 3.84. The van der Waals surface area contributed by atoms with Crippen molar-refractivity contribution in [2.45, 2.75) is 26.9 Å². The van der Waals surface area contributed by atoms with Crippen LogP contribution in [0.15, 0.2) is 36.4 Å². The molecular weight excluding hydrogens is 349 g/mol. The second-order valence-electron chi connectivity index (χ2n) is 5.51. The van der Waals surface area contributed by atoms with Gasteiger partial charge in [0.05, 0.1) is 5.56 Å². The van der Waals surface area contributed by atoms with Crippen molar-refractivity contribution in [3.05, 3.63) is 63.1 Å². The fraction of sp³-hybridized carbons (Fsp3) is 0.222. The standard InChI is InChI=1S/C18H17Cl2NO3/c1-10-4-5-11(2)16(6-10)21-17(22)12(3)24-18(23)13-7-14(19)9-15(20)8-13/h4-9,12H,1-3H3,(H,21,22). The molecule has 0 aliphatic rings. The fourth-order valence-corrected chi connectivity index (χ4v) is 2.58. The molecule has 1 atom stereocenters. The molecule has 0 spiro atoms. The van der Waals surface area contributed by atoms with Gasteiger partial charge in [0.1, 0.15) is 0 Å². The van der Waals surface area contributed by atoms with Gasteiger partial charge < -0.3 is 10.1 Å². The number of benzene rings is 2. The van der Waals surface area contributed by atoms with E-state index < -0.39 is 18.0 Å². The summed E-state index contributed by atoms with van der Waals surface area (Å²) in [6.07, 6.45) is -0.963. The molecule has 0 fully saturated rings. The molecule has 6 heteroatoms. The maximum absolute atomic E-state index is 12.2. The Kier molecular flexibility index (Phi) is 5.86. The lowest BCUT2D eigenvalue weighted by Crippen LogP contribution is -2.30. The zero-order valence-corrected chi connectivity index (χ0v) is 15.0. The van der Waals surface area contributed by atoms with Crippen LogP contribution in [0.3, 0.4) is 0 Å². The van der Waals surface area contributed by atoms with Gasteiger partial charge >= 0.3 is 5.97 Å². The molecule has 0 aliphatic heterocycles. The minimum absolute atomic E-state index is 0.193. The highest BCUT2D eigenvalue weighted by Gasteiger charge is 2.20. The number of aryl methyl sites for hydroxylation is 2. The molecule has 1 N–H and O–H groups in total. The lowest BCUT2D eigenvalue weighted by molar-refractivity contribution is -0.123. The molecule has 2 aromatic carbocycles. The second-order valence-corrected chi connectivity index (χ2v) is 6.39. The Hall–Kier alpha value is -2.04. The van der Waals surface area contributed by atoms with Crippen LogP contribution in [0.1, 0.15) is 28.4 Å². The Bertz CT molecular complexity index is 770. The van der Waals surface area contributed by atoms with Crippen molar-refractivity contribution in [3.63, 3.8) is 0 Å². The highest BCUT2D eigenvalue weighted by molar-refractivity contribution is 6.35. The molecule has 1 amide bonds. The average Bonchev–Trinajstić information content (AvgIpc) is 2.49. The number of anilines is 1.